The van der Waals surface area contributed by atoms with E-state index in [4.69, 9.17) is 14.2 Å². The first-order valence-corrected chi connectivity index (χ1v) is 30.0. The molecule has 1 unspecified atom stereocenters. The first-order valence-electron chi connectivity index (χ1n) is 30.0. The third-order valence-corrected chi connectivity index (χ3v) is 12.0. The summed E-state index contributed by atoms with van der Waals surface area (Å²) in [6.45, 7) is 7.44. The Morgan fingerprint density at radius 3 is 1.03 bits per heavy atom. The largest absolute Gasteiger partial charge is 0.462 e. The summed E-state index contributed by atoms with van der Waals surface area (Å²) >= 11 is 0. The summed E-state index contributed by atoms with van der Waals surface area (Å²) in [7, 11) is 0. The number of esters is 2. The predicted octanol–water partition coefficient (Wildman–Crippen LogP) is 21.0. The minimum atomic E-state index is -0.600. The molecule has 0 bridgehead atoms. The molecule has 5 heteroatoms. The highest BCUT2D eigenvalue weighted by Crippen LogP contribution is 2.13. The maximum Gasteiger partial charge on any atom is 0.306 e. The van der Waals surface area contributed by atoms with Gasteiger partial charge in [0.1, 0.15) is 6.61 Å². The SMILES string of the molecule is CC/C=C\C/C=C\C/C=C\C/C=C\C/C=C\C/C=C\CCC(=O)OCC(COCCCCCCCCCCCC/C=C\C/C=C\CCCCC)OC(=O)CCCCC/C=C\C/C=C\C/C=C\C/C=C\C/C=C\CC. The fourth-order valence-corrected chi connectivity index (χ4v) is 7.65. The van der Waals surface area contributed by atoms with Crippen LogP contribution >= 0.6 is 0 Å². The fraction of sp³-hybridized carbons (Fsp3) is 0.594. The molecule has 0 aromatic carbocycles. The van der Waals surface area contributed by atoms with Crippen molar-refractivity contribution in [1.29, 1.82) is 0 Å². The highest BCUT2D eigenvalue weighted by atomic mass is 16.6. The van der Waals surface area contributed by atoms with Gasteiger partial charge < -0.3 is 14.2 Å². The minimum Gasteiger partial charge on any atom is -0.462 e. The molecule has 5 nitrogen and oxygen atoms in total. The zero-order chi connectivity index (χ0) is 53.4. The Morgan fingerprint density at radius 2 is 0.635 bits per heavy atom. The molecule has 0 rings (SSSR count). The van der Waals surface area contributed by atoms with Gasteiger partial charge in [0.05, 0.1) is 6.61 Å². The van der Waals surface area contributed by atoms with E-state index in [0.29, 0.717) is 19.4 Å². The Hall–Kier alpha value is -4.48. The number of hydrogen-bond donors (Lipinski definition) is 0. The van der Waals surface area contributed by atoms with Gasteiger partial charge in [-0.15, -0.1) is 0 Å². The minimum absolute atomic E-state index is 0.0198. The van der Waals surface area contributed by atoms with Crippen LogP contribution in [0, 0.1) is 0 Å². The van der Waals surface area contributed by atoms with Crippen LogP contribution in [-0.2, 0) is 23.8 Å². The van der Waals surface area contributed by atoms with Crippen LogP contribution in [0.5, 0.6) is 0 Å². The smallest absolute Gasteiger partial charge is 0.306 e. The Balaban J connectivity index is 4.49. The highest BCUT2D eigenvalue weighted by molar-refractivity contribution is 5.70. The Morgan fingerprint density at radius 1 is 0.311 bits per heavy atom. The molecule has 0 aromatic rings. The molecule has 0 aliphatic carbocycles. The van der Waals surface area contributed by atoms with Crippen LogP contribution in [0.1, 0.15) is 239 Å². The molecule has 0 spiro atoms. The number of hydrogen-bond acceptors (Lipinski definition) is 5. The molecule has 0 aliphatic rings. The Kier molecular flexibility index (Phi) is 59.0. The van der Waals surface area contributed by atoms with Crippen molar-refractivity contribution in [3.8, 4) is 0 Å². The zero-order valence-electron chi connectivity index (χ0n) is 47.8. The molecule has 0 heterocycles. The maximum absolute atomic E-state index is 12.9. The van der Waals surface area contributed by atoms with Crippen LogP contribution in [0.2, 0.25) is 0 Å². The Labute approximate surface area is 456 Å². The topological polar surface area (TPSA) is 61.8 Å². The Bertz CT molecular complexity index is 1620. The van der Waals surface area contributed by atoms with E-state index in [1.54, 1.807) is 0 Å². The molecule has 0 N–H and O–H groups in total. The van der Waals surface area contributed by atoms with Crippen molar-refractivity contribution in [3.63, 3.8) is 0 Å². The molecule has 0 saturated heterocycles. The van der Waals surface area contributed by atoms with E-state index in [1.165, 1.54) is 83.5 Å². The third kappa shape index (κ3) is 60.1. The van der Waals surface area contributed by atoms with E-state index in [2.05, 4.69) is 173 Å². The zero-order valence-corrected chi connectivity index (χ0v) is 47.8. The van der Waals surface area contributed by atoms with Gasteiger partial charge in [0.25, 0.3) is 0 Å². The lowest BCUT2D eigenvalue weighted by atomic mass is 10.1. The van der Waals surface area contributed by atoms with Crippen molar-refractivity contribution >= 4 is 11.9 Å². The van der Waals surface area contributed by atoms with E-state index in [-0.39, 0.29) is 31.6 Å². The van der Waals surface area contributed by atoms with Crippen LogP contribution in [0.3, 0.4) is 0 Å². The molecule has 74 heavy (non-hydrogen) atoms. The van der Waals surface area contributed by atoms with Crippen molar-refractivity contribution in [1.82, 2.24) is 0 Å². The van der Waals surface area contributed by atoms with Gasteiger partial charge in [-0.1, -0.05) is 249 Å². The normalized spacial score (nSPS) is 13.4. The first kappa shape index (κ1) is 69.5. The lowest BCUT2D eigenvalue weighted by Crippen LogP contribution is -2.30. The number of ether oxygens (including phenoxy) is 3. The lowest BCUT2D eigenvalue weighted by Gasteiger charge is -2.18. The first-order chi connectivity index (χ1) is 36.6. The standard InChI is InChI=1S/C69H110O5/c1-4-7-10-13-16-19-22-25-28-31-34-37-40-43-46-49-52-55-58-61-64-72-65-67(74-69(71)63-60-57-54-51-48-45-42-39-36-33-30-27-24-21-18-15-12-9-6-3)66-73-68(70)62-59-56-53-50-47-44-41-38-35-32-29-26-23-20-17-14-11-8-5-2/h8-9,11-12,16-21,25-30,35-36,38-39,44-45,47-48,53,56,67H,4-7,10,13-15,22-24,31-34,37,40-43,46,49-52,54-55,57-66H2,1-3H3/b11-8-,12-9-,19-16-,20-17-,21-18-,28-25-,29-26-,30-27-,38-35-,39-36-,47-44-,48-45-,56-53-. The molecule has 0 amide bonds. The van der Waals surface area contributed by atoms with E-state index >= 15 is 0 Å². The summed E-state index contributed by atoms with van der Waals surface area (Å²) in [5, 5.41) is 0. The van der Waals surface area contributed by atoms with Crippen molar-refractivity contribution in [2.45, 2.75) is 245 Å². The third-order valence-electron chi connectivity index (χ3n) is 12.0. The highest BCUT2D eigenvalue weighted by Gasteiger charge is 2.17. The molecule has 0 aliphatic heterocycles. The average Bonchev–Trinajstić information content (AvgIpc) is 3.40. The summed E-state index contributed by atoms with van der Waals surface area (Å²) in [6, 6.07) is 0. The second-order valence-electron chi connectivity index (χ2n) is 19.1. The van der Waals surface area contributed by atoms with Gasteiger partial charge in [0.15, 0.2) is 6.10 Å². The van der Waals surface area contributed by atoms with Gasteiger partial charge in [-0.25, -0.2) is 0 Å². The maximum atomic E-state index is 12.9. The van der Waals surface area contributed by atoms with Crippen molar-refractivity contribution in [2.75, 3.05) is 19.8 Å². The van der Waals surface area contributed by atoms with Crippen LogP contribution < -0.4 is 0 Å². The number of allylic oxidation sites excluding steroid dienone is 26. The summed E-state index contributed by atoms with van der Waals surface area (Å²) in [6.07, 6.45) is 92.8. The molecular weight excluding hydrogens is 909 g/mol. The summed E-state index contributed by atoms with van der Waals surface area (Å²) in [5.74, 6) is -0.541. The molecule has 416 valence electrons. The van der Waals surface area contributed by atoms with Gasteiger partial charge in [-0.3, -0.25) is 9.59 Å². The van der Waals surface area contributed by atoms with Crippen molar-refractivity contribution in [2.24, 2.45) is 0 Å². The van der Waals surface area contributed by atoms with Crippen molar-refractivity contribution in [3.05, 3.63) is 158 Å². The van der Waals surface area contributed by atoms with E-state index < -0.39 is 6.10 Å². The number of carbonyl (C=O) groups excluding carboxylic acids is 2. The molecule has 0 aromatic heterocycles. The quantitative estimate of drug-likeness (QED) is 0.0345. The summed E-state index contributed by atoms with van der Waals surface area (Å²) < 4.78 is 17.4. The van der Waals surface area contributed by atoms with Crippen LogP contribution in [0.4, 0.5) is 0 Å². The van der Waals surface area contributed by atoms with E-state index in [0.717, 1.165) is 116 Å². The molecule has 0 saturated carbocycles. The molecular formula is C69H110O5. The molecule has 0 radical (unpaired) electrons. The second-order valence-corrected chi connectivity index (χ2v) is 19.1. The lowest BCUT2D eigenvalue weighted by molar-refractivity contribution is -0.162. The van der Waals surface area contributed by atoms with Gasteiger partial charge in [0.2, 0.25) is 0 Å². The van der Waals surface area contributed by atoms with Crippen LogP contribution in [0.25, 0.3) is 0 Å². The predicted molar refractivity (Wildman–Crippen MR) is 324 cm³/mol. The molecule has 0 fully saturated rings. The van der Waals surface area contributed by atoms with Crippen molar-refractivity contribution < 1.29 is 23.8 Å². The van der Waals surface area contributed by atoms with Gasteiger partial charge >= 0.3 is 11.9 Å². The second kappa shape index (κ2) is 62.8. The van der Waals surface area contributed by atoms with Crippen LogP contribution in [-0.4, -0.2) is 37.9 Å². The number of carbonyl (C=O) groups is 2. The van der Waals surface area contributed by atoms with E-state index in [1.807, 2.05) is 6.08 Å². The van der Waals surface area contributed by atoms with Gasteiger partial charge in [-0.05, 0) is 135 Å². The van der Waals surface area contributed by atoms with Gasteiger partial charge in [-0.2, -0.15) is 0 Å². The van der Waals surface area contributed by atoms with E-state index in [9.17, 15) is 9.59 Å². The number of unbranched alkanes of at least 4 members (excludes halogenated alkanes) is 16. The fourth-order valence-electron chi connectivity index (χ4n) is 7.65. The van der Waals surface area contributed by atoms with Crippen LogP contribution in [0.15, 0.2) is 158 Å². The monoisotopic (exact) mass is 1020 g/mol. The molecule has 1 atom stereocenters. The van der Waals surface area contributed by atoms with Gasteiger partial charge in [0, 0.05) is 19.4 Å². The summed E-state index contributed by atoms with van der Waals surface area (Å²) in [4.78, 5) is 25.5. The number of rotatable bonds is 53. The average molecular weight is 1020 g/mol. The summed E-state index contributed by atoms with van der Waals surface area (Å²) in [5.41, 5.74) is 0.